The van der Waals surface area contributed by atoms with Crippen molar-refractivity contribution in [1.29, 1.82) is 0 Å². The number of amides is 1. The second-order valence-corrected chi connectivity index (χ2v) is 7.68. The molecule has 2 atom stereocenters. The van der Waals surface area contributed by atoms with Crippen LogP contribution in [0.3, 0.4) is 0 Å². The molecule has 1 aromatic carbocycles. The number of hydrogen-bond donors (Lipinski definition) is 1. The lowest BCUT2D eigenvalue weighted by molar-refractivity contribution is -0.157. The summed E-state index contributed by atoms with van der Waals surface area (Å²) in [6, 6.07) is 3.90. The van der Waals surface area contributed by atoms with Gasteiger partial charge in [-0.2, -0.15) is 4.31 Å². The molecule has 0 aliphatic carbocycles. The summed E-state index contributed by atoms with van der Waals surface area (Å²) in [4.78, 5) is 23.7. The number of esters is 1. The average Bonchev–Trinajstić information content (AvgIpc) is 3.10. The van der Waals surface area contributed by atoms with Crippen LogP contribution in [-0.2, 0) is 24.3 Å². The monoisotopic (exact) mass is 384 g/mol. The van der Waals surface area contributed by atoms with Crippen LogP contribution in [0.25, 0.3) is 0 Å². The fourth-order valence-corrected chi connectivity index (χ4v) is 4.38. The van der Waals surface area contributed by atoms with Crippen molar-refractivity contribution >= 4 is 21.9 Å². The number of ether oxygens (including phenoxy) is 1. The predicted octanol–water partition coefficient (Wildman–Crippen LogP) is 1.21. The highest BCUT2D eigenvalue weighted by atomic mass is 32.2. The van der Waals surface area contributed by atoms with Gasteiger partial charge < -0.3 is 10.1 Å². The Morgan fingerprint density at radius 2 is 2.15 bits per heavy atom. The molecule has 0 bridgehead atoms. The Hall–Kier alpha value is -2.26. The first-order valence-corrected chi connectivity index (χ1v) is 9.58. The van der Waals surface area contributed by atoms with Crippen molar-refractivity contribution in [3.8, 4) is 0 Å². The summed E-state index contributed by atoms with van der Waals surface area (Å²) >= 11 is 0. The smallest absolute Gasteiger partial charge is 0.325 e. The molecule has 0 radical (unpaired) electrons. The van der Waals surface area contributed by atoms with Crippen molar-refractivity contribution in [3.05, 3.63) is 42.7 Å². The molecule has 1 aliphatic heterocycles. The Morgan fingerprint density at radius 1 is 1.46 bits per heavy atom. The highest BCUT2D eigenvalue weighted by molar-refractivity contribution is 7.89. The van der Waals surface area contributed by atoms with Gasteiger partial charge in [0, 0.05) is 13.1 Å². The number of hydrogen-bond acceptors (Lipinski definition) is 5. The lowest BCUT2D eigenvalue weighted by Gasteiger charge is -2.24. The Kier molecular flexibility index (Phi) is 6.49. The largest absolute Gasteiger partial charge is 0.451 e. The number of benzene rings is 1. The van der Waals surface area contributed by atoms with Gasteiger partial charge in [0.05, 0.1) is 0 Å². The van der Waals surface area contributed by atoms with E-state index in [9.17, 15) is 22.4 Å². The predicted molar refractivity (Wildman–Crippen MR) is 92.1 cm³/mol. The third-order valence-electron chi connectivity index (χ3n) is 3.98. The SMILES string of the molecule is C=CCNC(=O)[C@H](C)OC(=O)[C@@H]1CCCN1S(=O)(=O)c1ccccc1F. The minimum atomic E-state index is -4.19. The Morgan fingerprint density at radius 3 is 2.81 bits per heavy atom. The highest BCUT2D eigenvalue weighted by Crippen LogP contribution is 2.28. The first-order valence-electron chi connectivity index (χ1n) is 8.14. The Labute approximate surface area is 151 Å². The van der Waals surface area contributed by atoms with Crippen molar-refractivity contribution in [2.75, 3.05) is 13.1 Å². The van der Waals surface area contributed by atoms with E-state index >= 15 is 0 Å². The second-order valence-electron chi connectivity index (χ2n) is 5.82. The summed E-state index contributed by atoms with van der Waals surface area (Å²) in [5.41, 5.74) is 0. The molecule has 0 saturated carbocycles. The van der Waals surface area contributed by atoms with Crippen molar-refractivity contribution in [3.63, 3.8) is 0 Å². The number of sulfonamides is 1. The molecule has 1 fully saturated rings. The van der Waals surface area contributed by atoms with Crippen molar-refractivity contribution < 1.29 is 27.1 Å². The molecular weight excluding hydrogens is 363 g/mol. The van der Waals surface area contributed by atoms with Gasteiger partial charge in [0.1, 0.15) is 16.8 Å². The minimum absolute atomic E-state index is 0.0769. The van der Waals surface area contributed by atoms with E-state index in [2.05, 4.69) is 11.9 Å². The molecule has 0 unspecified atom stereocenters. The lowest BCUT2D eigenvalue weighted by Crippen LogP contribution is -2.44. The van der Waals surface area contributed by atoms with E-state index in [1.165, 1.54) is 25.1 Å². The Bertz CT molecular complexity index is 796. The molecule has 1 saturated heterocycles. The maximum Gasteiger partial charge on any atom is 0.325 e. The minimum Gasteiger partial charge on any atom is -0.451 e. The van der Waals surface area contributed by atoms with Crippen LogP contribution in [0, 0.1) is 5.82 Å². The van der Waals surface area contributed by atoms with Crippen LogP contribution in [0.2, 0.25) is 0 Å². The molecule has 2 rings (SSSR count). The number of halogens is 1. The normalized spacial score (nSPS) is 18.9. The topological polar surface area (TPSA) is 92.8 Å². The quantitative estimate of drug-likeness (QED) is 0.564. The standard InChI is InChI=1S/C17H21FN2O5S/c1-3-10-19-16(21)12(2)25-17(22)14-8-6-11-20(14)26(23,24)15-9-5-4-7-13(15)18/h3-5,7,9,12,14H,1,6,8,10-11H2,2H3,(H,19,21)/t12-,14-/m0/s1. The molecule has 7 nitrogen and oxygen atoms in total. The van der Waals surface area contributed by atoms with Crippen LogP contribution in [0.4, 0.5) is 4.39 Å². The average molecular weight is 384 g/mol. The fourth-order valence-electron chi connectivity index (χ4n) is 2.67. The van der Waals surface area contributed by atoms with Crippen LogP contribution in [0.1, 0.15) is 19.8 Å². The first kappa shape index (κ1) is 20.1. The molecule has 1 heterocycles. The maximum absolute atomic E-state index is 13.9. The van der Waals surface area contributed by atoms with E-state index in [1.807, 2.05) is 0 Å². The molecule has 0 spiro atoms. The van der Waals surface area contributed by atoms with E-state index < -0.39 is 44.8 Å². The van der Waals surface area contributed by atoms with Gasteiger partial charge in [-0.1, -0.05) is 18.2 Å². The lowest BCUT2D eigenvalue weighted by atomic mass is 10.2. The van der Waals surface area contributed by atoms with Crippen LogP contribution in [0.15, 0.2) is 41.8 Å². The summed E-state index contributed by atoms with van der Waals surface area (Å²) in [6.07, 6.45) is 1.07. The van der Waals surface area contributed by atoms with Crippen molar-refractivity contribution in [1.82, 2.24) is 9.62 Å². The van der Waals surface area contributed by atoms with Gasteiger partial charge in [-0.05, 0) is 31.9 Å². The van der Waals surface area contributed by atoms with Gasteiger partial charge in [0.15, 0.2) is 6.10 Å². The van der Waals surface area contributed by atoms with Crippen LogP contribution >= 0.6 is 0 Å². The molecule has 142 valence electrons. The van der Waals surface area contributed by atoms with E-state index in [0.29, 0.717) is 6.42 Å². The summed E-state index contributed by atoms with van der Waals surface area (Å²) in [5, 5.41) is 2.49. The van der Waals surface area contributed by atoms with Gasteiger partial charge in [-0.25, -0.2) is 12.8 Å². The van der Waals surface area contributed by atoms with Crippen molar-refractivity contribution in [2.24, 2.45) is 0 Å². The Balaban J connectivity index is 2.14. The summed E-state index contributed by atoms with van der Waals surface area (Å²) in [7, 11) is -4.19. The highest BCUT2D eigenvalue weighted by Gasteiger charge is 2.42. The van der Waals surface area contributed by atoms with E-state index in [-0.39, 0.29) is 19.5 Å². The van der Waals surface area contributed by atoms with Gasteiger partial charge in [-0.15, -0.1) is 6.58 Å². The maximum atomic E-state index is 13.9. The molecule has 9 heteroatoms. The zero-order chi connectivity index (χ0) is 19.3. The van der Waals surface area contributed by atoms with Gasteiger partial charge in [-0.3, -0.25) is 9.59 Å². The molecule has 1 aromatic rings. The van der Waals surface area contributed by atoms with Crippen LogP contribution < -0.4 is 5.32 Å². The molecule has 1 amide bonds. The fraction of sp³-hybridized carbons (Fsp3) is 0.412. The van der Waals surface area contributed by atoms with Gasteiger partial charge in [0.25, 0.3) is 5.91 Å². The number of carbonyl (C=O) groups excluding carboxylic acids is 2. The second kappa shape index (κ2) is 8.41. The number of carbonyl (C=O) groups is 2. The summed E-state index contributed by atoms with van der Waals surface area (Å²) < 4.78 is 45.4. The molecule has 26 heavy (non-hydrogen) atoms. The number of nitrogens with zero attached hydrogens (tertiary/aromatic N) is 1. The van der Waals surface area contributed by atoms with Crippen LogP contribution in [-0.4, -0.2) is 49.8 Å². The zero-order valence-electron chi connectivity index (χ0n) is 14.4. The summed E-state index contributed by atoms with van der Waals surface area (Å²) in [5.74, 6) is -2.23. The van der Waals surface area contributed by atoms with E-state index in [4.69, 9.17) is 4.74 Å². The van der Waals surface area contributed by atoms with Gasteiger partial charge >= 0.3 is 5.97 Å². The summed E-state index contributed by atoms with van der Waals surface area (Å²) in [6.45, 7) is 5.15. The molecule has 1 aliphatic rings. The molecular formula is C17H21FN2O5S. The zero-order valence-corrected chi connectivity index (χ0v) is 15.2. The molecule has 0 aromatic heterocycles. The number of rotatable bonds is 7. The third kappa shape index (κ3) is 4.28. The van der Waals surface area contributed by atoms with E-state index in [0.717, 1.165) is 16.4 Å². The molecule has 1 N–H and O–H groups in total. The third-order valence-corrected chi connectivity index (χ3v) is 5.92. The van der Waals surface area contributed by atoms with Crippen molar-refractivity contribution in [2.45, 2.75) is 36.8 Å². The van der Waals surface area contributed by atoms with E-state index in [1.54, 1.807) is 0 Å². The van der Waals surface area contributed by atoms with Crippen LogP contribution in [0.5, 0.6) is 0 Å². The first-order chi connectivity index (χ1) is 12.3. The number of nitrogens with one attached hydrogen (secondary N) is 1. The van der Waals surface area contributed by atoms with Gasteiger partial charge in [0.2, 0.25) is 10.0 Å².